The summed E-state index contributed by atoms with van der Waals surface area (Å²) in [6, 6.07) is 10.6. The van der Waals surface area contributed by atoms with Crippen molar-refractivity contribution in [1.82, 2.24) is 10.2 Å². The van der Waals surface area contributed by atoms with Crippen molar-refractivity contribution in [3.63, 3.8) is 0 Å². The number of hydrogen-bond acceptors (Lipinski definition) is 2. The second-order valence-electron chi connectivity index (χ2n) is 4.56. The maximum absolute atomic E-state index is 3.51. The number of rotatable bonds is 5. The largest absolute Gasteiger partial charge is 0.311 e. The van der Waals surface area contributed by atoms with Gasteiger partial charge in [-0.15, -0.1) is 24.8 Å². The van der Waals surface area contributed by atoms with Crippen LogP contribution in [0.25, 0.3) is 0 Å². The van der Waals surface area contributed by atoms with Gasteiger partial charge in [0.15, 0.2) is 0 Å². The molecule has 1 saturated heterocycles. The summed E-state index contributed by atoms with van der Waals surface area (Å²) in [5, 5.41) is 3.51. The van der Waals surface area contributed by atoms with E-state index in [2.05, 4.69) is 40.5 Å². The lowest BCUT2D eigenvalue weighted by molar-refractivity contribution is 0.229. The van der Waals surface area contributed by atoms with Gasteiger partial charge < -0.3 is 10.2 Å². The highest BCUT2D eigenvalue weighted by molar-refractivity contribution is 5.85. The lowest BCUT2D eigenvalue weighted by atomic mass is 10.1. The molecule has 0 saturated carbocycles. The summed E-state index contributed by atoms with van der Waals surface area (Å²) < 4.78 is 0. The molecule has 0 radical (unpaired) electrons. The summed E-state index contributed by atoms with van der Waals surface area (Å²) in [5.41, 5.74) is 1.38. The number of hydrogen-bond donors (Lipinski definition) is 1. The van der Waals surface area contributed by atoms with Gasteiger partial charge in [-0.3, -0.25) is 0 Å². The Morgan fingerprint density at radius 2 is 1.61 bits per heavy atom. The summed E-state index contributed by atoms with van der Waals surface area (Å²) in [6.07, 6.45) is 4.20. The van der Waals surface area contributed by atoms with Crippen LogP contribution < -0.4 is 5.32 Å². The topological polar surface area (TPSA) is 15.3 Å². The average Bonchev–Trinajstić information content (AvgIpc) is 2.37. The van der Waals surface area contributed by atoms with Crippen molar-refractivity contribution in [2.45, 2.75) is 25.8 Å². The average molecular weight is 291 g/mol. The third-order valence-electron chi connectivity index (χ3n) is 3.23. The van der Waals surface area contributed by atoms with Gasteiger partial charge in [0.25, 0.3) is 0 Å². The Bertz CT molecular complexity index is 287. The van der Waals surface area contributed by atoms with Crippen molar-refractivity contribution in [3.8, 4) is 0 Å². The molecule has 1 aliphatic rings. The monoisotopic (exact) mass is 290 g/mol. The molecule has 1 aliphatic heterocycles. The number of halogens is 2. The minimum absolute atomic E-state index is 0. The molecule has 0 bridgehead atoms. The van der Waals surface area contributed by atoms with E-state index in [4.69, 9.17) is 0 Å². The summed E-state index contributed by atoms with van der Waals surface area (Å²) in [7, 11) is 0. The van der Waals surface area contributed by atoms with Crippen molar-refractivity contribution >= 4 is 24.8 Å². The molecule has 0 amide bonds. The van der Waals surface area contributed by atoms with Crippen molar-refractivity contribution in [2.24, 2.45) is 0 Å². The first kappa shape index (κ1) is 17.7. The minimum Gasteiger partial charge on any atom is -0.311 e. The molecule has 0 aromatic heterocycles. The normalized spacial score (nSPS) is 15.6. The molecule has 1 fully saturated rings. The number of nitrogens with one attached hydrogen (secondary N) is 1. The van der Waals surface area contributed by atoms with Crippen LogP contribution in [0.15, 0.2) is 30.3 Å². The van der Waals surface area contributed by atoms with Crippen molar-refractivity contribution in [1.29, 1.82) is 0 Å². The van der Waals surface area contributed by atoms with Crippen LogP contribution in [0.2, 0.25) is 0 Å². The predicted molar refractivity (Wildman–Crippen MR) is 82.9 cm³/mol. The fourth-order valence-corrected chi connectivity index (χ4v) is 2.25. The van der Waals surface area contributed by atoms with Crippen LogP contribution in [-0.2, 0) is 6.54 Å². The number of likely N-dealkylation sites (tertiary alicyclic amines) is 1. The standard InChI is InChI=1S/C14H22N2.2ClH/c1-3-7-14(8-4-1)13-15-9-12-16-10-5-2-6-11-16;;/h1,3-4,7-8,15H,2,5-6,9-13H2;2*1H. The van der Waals surface area contributed by atoms with E-state index in [1.165, 1.54) is 44.5 Å². The molecule has 2 nitrogen and oxygen atoms in total. The lowest BCUT2D eigenvalue weighted by Gasteiger charge is -2.26. The Kier molecular flexibility index (Phi) is 10.5. The van der Waals surface area contributed by atoms with Gasteiger partial charge in [0, 0.05) is 19.6 Å². The molecular weight excluding hydrogens is 267 g/mol. The van der Waals surface area contributed by atoms with Gasteiger partial charge in [0.05, 0.1) is 0 Å². The second kappa shape index (κ2) is 10.6. The molecule has 1 N–H and O–H groups in total. The van der Waals surface area contributed by atoms with Crippen LogP contribution in [0.3, 0.4) is 0 Å². The summed E-state index contributed by atoms with van der Waals surface area (Å²) in [4.78, 5) is 2.57. The van der Waals surface area contributed by atoms with Gasteiger partial charge >= 0.3 is 0 Å². The molecule has 1 aromatic rings. The molecule has 1 aromatic carbocycles. The van der Waals surface area contributed by atoms with Crippen molar-refractivity contribution in [3.05, 3.63) is 35.9 Å². The van der Waals surface area contributed by atoms with Crippen LogP contribution >= 0.6 is 24.8 Å². The fourth-order valence-electron chi connectivity index (χ4n) is 2.25. The first-order valence-electron chi connectivity index (χ1n) is 6.42. The number of piperidine rings is 1. The van der Waals surface area contributed by atoms with Crippen molar-refractivity contribution < 1.29 is 0 Å². The van der Waals surface area contributed by atoms with Gasteiger partial charge in [-0.1, -0.05) is 36.8 Å². The summed E-state index contributed by atoms with van der Waals surface area (Å²) >= 11 is 0. The Morgan fingerprint density at radius 3 is 2.28 bits per heavy atom. The van der Waals surface area contributed by atoms with Crippen LogP contribution in [0.4, 0.5) is 0 Å². The van der Waals surface area contributed by atoms with Crippen LogP contribution in [0.1, 0.15) is 24.8 Å². The third-order valence-corrected chi connectivity index (χ3v) is 3.23. The quantitative estimate of drug-likeness (QED) is 0.839. The maximum atomic E-state index is 3.51. The summed E-state index contributed by atoms with van der Waals surface area (Å²) in [5.74, 6) is 0. The molecular formula is C14H24Cl2N2. The highest BCUT2D eigenvalue weighted by Crippen LogP contribution is 2.07. The van der Waals surface area contributed by atoms with Crippen LogP contribution in [0, 0.1) is 0 Å². The highest BCUT2D eigenvalue weighted by Gasteiger charge is 2.08. The molecule has 0 spiro atoms. The first-order chi connectivity index (χ1) is 7.95. The van der Waals surface area contributed by atoms with Gasteiger partial charge in [-0.2, -0.15) is 0 Å². The molecule has 18 heavy (non-hydrogen) atoms. The summed E-state index contributed by atoms with van der Waals surface area (Å²) in [6.45, 7) is 5.90. The van der Waals surface area contributed by atoms with Crippen LogP contribution in [0.5, 0.6) is 0 Å². The Labute approximate surface area is 123 Å². The van der Waals surface area contributed by atoms with E-state index in [9.17, 15) is 0 Å². The van der Waals surface area contributed by atoms with Gasteiger partial charge in [-0.05, 0) is 31.5 Å². The Morgan fingerprint density at radius 1 is 0.944 bits per heavy atom. The lowest BCUT2D eigenvalue weighted by Crippen LogP contribution is -2.35. The van der Waals surface area contributed by atoms with E-state index in [0.29, 0.717) is 0 Å². The van der Waals surface area contributed by atoms with Crippen molar-refractivity contribution in [2.75, 3.05) is 26.2 Å². The zero-order chi connectivity index (χ0) is 11.1. The zero-order valence-corrected chi connectivity index (χ0v) is 12.4. The number of nitrogens with zero attached hydrogens (tertiary/aromatic N) is 1. The van der Waals surface area contributed by atoms with E-state index in [-0.39, 0.29) is 24.8 Å². The van der Waals surface area contributed by atoms with Gasteiger partial charge in [-0.25, -0.2) is 0 Å². The Balaban J connectivity index is 0.00000144. The first-order valence-corrected chi connectivity index (χ1v) is 6.42. The van der Waals surface area contributed by atoms with E-state index >= 15 is 0 Å². The second-order valence-corrected chi connectivity index (χ2v) is 4.56. The maximum Gasteiger partial charge on any atom is 0.0206 e. The molecule has 0 unspecified atom stereocenters. The molecule has 4 heteroatoms. The minimum atomic E-state index is 0. The van der Waals surface area contributed by atoms with E-state index in [1.54, 1.807) is 0 Å². The Hall–Kier alpha value is -0.280. The molecule has 1 heterocycles. The molecule has 2 rings (SSSR count). The number of benzene rings is 1. The smallest absolute Gasteiger partial charge is 0.0206 e. The molecule has 0 aliphatic carbocycles. The molecule has 104 valence electrons. The molecule has 0 atom stereocenters. The fraction of sp³-hybridized carbons (Fsp3) is 0.571. The third kappa shape index (κ3) is 6.60. The SMILES string of the molecule is Cl.Cl.c1ccc(CNCCN2CCCCC2)cc1. The van der Waals surface area contributed by atoms with E-state index < -0.39 is 0 Å². The van der Waals surface area contributed by atoms with Gasteiger partial charge in [0.2, 0.25) is 0 Å². The predicted octanol–water partition coefficient (Wildman–Crippen LogP) is 3.11. The highest BCUT2D eigenvalue weighted by atomic mass is 35.5. The van der Waals surface area contributed by atoms with E-state index in [0.717, 1.165) is 13.1 Å². The zero-order valence-electron chi connectivity index (χ0n) is 10.8. The van der Waals surface area contributed by atoms with E-state index in [1.807, 2.05) is 0 Å². The van der Waals surface area contributed by atoms with Gasteiger partial charge in [0.1, 0.15) is 0 Å². The van der Waals surface area contributed by atoms with Crippen LogP contribution in [-0.4, -0.2) is 31.1 Å².